The molecule has 2 aromatic rings. The van der Waals surface area contributed by atoms with Gasteiger partial charge in [0.1, 0.15) is 18.3 Å². The van der Waals surface area contributed by atoms with Gasteiger partial charge in [-0.3, -0.25) is 14.2 Å². The Labute approximate surface area is 171 Å². The molecule has 2 saturated heterocycles. The largest absolute Gasteiger partial charge is 0.504 e. The molecule has 3 aliphatic rings. The van der Waals surface area contributed by atoms with E-state index in [1.807, 2.05) is 0 Å². The fraction of sp³-hybridized carbons (Fsp3) is 0.381. The molecule has 0 aliphatic carbocycles. The summed E-state index contributed by atoms with van der Waals surface area (Å²) in [5.74, 6) is -1.57. The van der Waals surface area contributed by atoms with Crippen molar-refractivity contribution in [3.05, 3.63) is 74.8 Å². The smallest absolute Gasteiger partial charge is 0.340 e. The van der Waals surface area contributed by atoms with Crippen molar-refractivity contribution in [3.63, 3.8) is 0 Å². The van der Waals surface area contributed by atoms with Crippen LogP contribution in [0.3, 0.4) is 0 Å². The maximum absolute atomic E-state index is 13.4. The van der Waals surface area contributed by atoms with Crippen LogP contribution < -0.4 is 11.2 Å². The van der Waals surface area contributed by atoms with E-state index < -0.39 is 47.5 Å². The second-order valence-corrected chi connectivity index (χ2v) is 7.85. The molecule has 1 aromatic carbocycles. The molecule has 5 rings (SSSR count). The SMILES string of the molecule is CO/C=C1\c2cc(=O)n(C(=O)c3ccccc3)c(=O)n2[C@@H]2O[C@H]1[C@H]1OC(C)(C)O[C@H]12. The number of carbonyl (C=O) groups is 1. The topological polar surface area (TPSA) is 98.0 Å². The van der Waals surface area contributed by atoms with E-state index in [0.29, 0.717) is 15.8 Å². The molecular formula is C21H20N2O7. The summed E-state index contributed by atoms with van der Waals surface area (Å²) in [6, 6.07) is 9.41. The number of ether oxygens (including phenoxy) is 4. The Kier molecular flexibility index (Phi) is 4.11. The van der Waals surface area contributed by atoms with E-state index in [1.54, 1.807) is 44.2 Å². The number of hydrogen-bond donors (Lipinski definition) is 0. The molecule has 0 radical (unpaired) electrons. The van der Waals surface area contributed by atoms with Gasteiger partial charge in [-0.25, -0.2) is 4.79 Å². The molecule has 2 bridgehead atoms. The summed E-state index contributed by atoms with van der Waals surface area (Å²) in [6.45, 7) is 3.56. The summed E-state index contributed by atoms with van der Waals surface area (Å²) in [7, 11) is 1.46. The number of aromatic nitrogens is 2. The number of fused-ring (bicyclic) bond motifs is 7. The second-order valence-electron chi connectivity index (χ2n) is 7.85. The third-order valence-corrected chi connectivity index (χ3v) is 5.49. The van der Waals surface area contributed by atoms with Crippen molar-refractivity contribution in [1.82, 2.24) is 9.13 Å². The van der Waals surface area contributed by atoms with Crippen molar-refractivity contribution >= 4 is 11.5 Å². The Morgan fingerprint density at radius 1 is 1.13 bits per heavy atom. The first-order chi connectivity index (χ1) is 14.3. The molecule has 0 spiro atoms. The predicted molar refractivity (Wildman–Crippen MR) is 104 cm³/mol. The molecule has 9 nitrogen and oxygen atoms in total. The molecule has 4 atom stereocenters. The highest BCUT2D eigenvalue weighted by atomic mass is 16.8. The van der Waals surface area contributed by atoms with Gasteiger partial charge in [-0.15, -0.1) is 0 Å². The minimum Gasteiger partial charge on any atom is -0.504 e. The summed E-state index contributed by atoms with van der Waals surface area (Å²) in [5, 5.41) is 0. The van der Waals surface area contributed by atoms with Crippen LogP contribution in [0.15, 0.2) is 52.2 Å². The van der Waals surface area contributed by atoms with Crippen LogP contribution in [0.5, 0.6) is 0 Å². The molecule has 9 heteroatoms. The van der Waals surface area contributed by atoms with Gasteiger partial charge in [-0.05, 0) is 26.0 Å². The van der Waals surface area contributed by atoms with Gasteiger partial charge in [0.05, 0.1) is 19.1 Å². The van der Waals surface area contributed by atoms with Crippen molar-refractivity contribution < 1.29 is 23.7 Å². The number of carbonyl (C=O) groups excluding carboxylic acids is 1. The summed E-state index contributed by atoms with van der Waals surface area (Å²) in [6.07, 6.45) is -1.05. The van der Waals surface area contributed by atoms with Crippen molar-refractivity contribution in [2.75, 3.05) is 7.11 Å². The van der Waals surface area contributed by atoms with E-state index in [2.05, 4.69) is 0 Å². The fourth-order valence-electron chi connectivity index (χ4n) is 4.36. The summed E-state index contributed by atoms with van der Waals surface area (Å²) in [5.41, 5.74) is -0.493. The minimum atomic E-state index is -0.858. The average Bonchev–Trinajstić information content (AvgIpc) is 3.17. The van der Waals surface area contributed by atoms with Crippen LogP contribution in [0.25, 0.3) is 5.57 Å². The number of rotatable bonds is 2. The first kappa shape index (κ1) is 19.0. The van der Waals surface area contributed by atoms with E-state index >= 15 is 0 Å². The maximum Gasteiger partial charge on any atom is 0.340 e. The maximum atomic E-state index is 13.4. The van der Waals surface area contributed by atoms with E-state index in [1.165, 1.54) is 24.0 Å². The van der Waals surface area contributed by atoms with Crippen LogP contribution in [0.2, 0.25) is 0 Å². The lowest BCUT2D eigenvalue weighted by atomic mass is 10.0. The van der Waals surface area contributed by atoms with E-state index in [0.717, 1.165) is 0 Å². The van der Waals surface area contributed by atoms with Crippen molar-refractivity contribution in [2.24, 2.45) is 0 Å². The van der Waals surface area contributed by atoms with Gasteiger partial charge in [0.2, 0.25) is 0 Å². The van der Waals surface area contributed by atoms with Crippen LogP contribution in [-0.2, 0) is 18.9 Å². The summed E-state index contributed by atoms with van der Waals surface area (Å²) in [4.78, 5) is 39.1. The molecule has 0 saturated carbocycles. The van der Waals surface area contributed by atoms with Crippen molar-refractivity contribution in [1.29, 1.82) is 0 Å². The van der Waals surface area contributed by atoms with Crippen LogP contribution in [-0.4, -0.2) is 46.3 Å². The monoisotopic (exact) mass is 412 g/mol. The van der Waals surface area contributed by atoms with Gasteiger partial charge in [-0.2, -0.15) is 4.57 Å². The summed E-state index contributed by atoms with van der Waals surface area (Å²) < 4.78 is 25.1. The predicted octanol–water partition coefficient (Wildman–Crippen LogP) is 1.12. The Hall–Kier alpha value is -3.01. The zero-order chi connectivity index (χ0) is 21.2. The highest BCUT2D eigenvalue weighted by Crippen LogP contribution is 2.49. The van der Waals surface area contributed by atoms with E-state index in [4.69, 9.17) is 18.9 Å². The molecule has 2 fully saturated rings. The lowest BCUT2D eigenvalue weighted by Gasteiger charge is -2.32. The number of nitrogens with zero attached hydrogens (tertiary/aromatic N) is 2. The molecule has 1 aromatic heterocycles. The van der Waals surface area contributed by atoms with Gasteiger partial charge in [0.25, 0.3) is 11.5 Å². The normalized spacial score (nSPS) is 29.5. The Balaban J connectivity index is 1.72. The Morgan fingerprint density at radius 3 is 2.53 bits per heavy atom. The minimum absolute atomic E-state index is 0.227. The van der Waals surface area contributed by atoms with E-state index in [9.17, 15) is 14.4 Å². The quantitative estimate of drug-likeness (QED) is 0.682. The molecule has 4 heterocycles. The first-order valence-electron chi connectivity index (χ1n) is 9.55. The Morgan fingerprint density at radius 2 is 1.83 bits per heavy atom. The molecule has 30 heavy (non-hydrogen) atoms. The highest BCUT2D eigenvalue weighted by Gasteiger charge is 2.60. The van der Waals surface area contributed by atoms with Gasteiger partial charge in [-0.1, -0.05) is 18.2 Å². The highest BCUT2D eigenvalue weighted by molar-refractivity contribution is 5.95. The standard InChI is InChI=1S/C21H20N2O7/c1-21(2)29-16-15-12(10-27-3)13-9-14(24)23(18(25)11-7-5-4-6-8-11)20(26)22(13)19(28-15)17(16)30-21/h4-10,15-17,19H,1-3H3/b12-10+/t15-,16-,17-,19-/m1/s1. The number of methoxy groups -OCH3 is 1. The van der Waals surface area contributed by atoms with Crippen LogP contribution in [0.1, 0.15) is 36.1 Å². The molecule has 0 amide bonds. The Bertz CT molecular complexity index is 1180. The average molecular weight is 412 g/mol. The van der Waals surface area contributed by atoms with Crippen molar-refractivity contribution in [2.45, 2.75) is 44.2 Å². The molecule has 156 valence electrons. The van der Waals surface area contributed by atoms with Gasteiger partial charge in [0.15, 0.2) is 12.0 Å². The molecule has 3 aliphatic heterocycles. The third kappa shape index (κ3) is 2.63. The molecular weight excluding hydrogens is 392 g/mol. The van der Waals surface area contributed by atoms with Crippen molar-refractivity contribution in [3.8, 4) is 0 Å². The first-order valence-corrected chi connectivity index (χ1v) is 9.55. The number of benzene rings is 1. The van der Waals surface area contributed by atoms with Crippen LogP contribution >= 0.6 is 0 Å². The van der Waals surface area contributed by atoms with Crippen LogP contribution in [0, 0.1) is 0 Å². The number of hydrogen-bond acceptors (Lipinski definition) is 7. The summed E-state index contributed by atoms with van der Waals surface area (Å²) >= 11 is 0. The second kappa shape index (κ2) is 6.49. The van der Waals surface area contributed by atoms with Gasteiger partial charge >= 0.3 is 5.69 Å². The van der Waals surface area contributed by atoms with Gasteiger partial charge in [0, 0.05) is 17.2 Å². The van der Waals surface area contributed by atoms with E-state index in [-0.39, 0.29) is 5.56 Å². The van der Waals surface area contributed by atoms with Gasteiger partial charge < -0.3 is 18.9 Å². The third-order valence-electron chi connectivity index (χ3n) is 5.49. The molecule has 0 unspecified atom stereocenters. The van der Waals surface area contributed by atoms with Crippen LogP contribution in [0.4, 0.5) is 0 Å². The zero-order valence-electron chi connectivity index (χ0n) is 16.6. The molecule has 0 N–H and O–H groups in total. The fourth-order valence-corrected chi connectivity index (χ4v) is 4.36. The zero-order valence-corrected chi connectivity index (χ0v) is 16.6. The lowest BCUT2D eigenvalue weighted by Crippen LogP contribution is -2.48. The lowest BCUT2D eigenvalue weighted by molar-refractivity contribution is -0.193.